The number of benzene rings is 2. The topological polar surface area (TPSA) is 74.4 Å². The van der Waals surface area contributed by atoms with Gasteiger partial charge in [-0.05, 0) is 29.7 Å². The second-order valence-electron chi connectivity index (χ2n) is 9.08. The molecule has 3 aliphatic rings. The Bertz CT molecular complexity index is 1280. The molecule has 168 valence electrons. The lowest BCUT2D eigenvalue weighted by Crippen LogP contribution is -2.44. The number of halogens is 1. The van der Waals surface area contributed by atoms with Gasteiger partial charge in [-0.15, -0.1) is 0 Å². The summed E-state index contributed by atoms with van der Waals surface area (Å²) >= 11 is 6.22. The van der Waals surface area contributed by atoms with E-state index in [0.717, 1.165) is 17.5 Å². The number of likely N-dealkylation sites (tertiary alicyclic amines) is 1. The standard InChI is InChI=1S/C26H24ClN3O3/c27-19-7-3-1-5-17(19)14-29-24(31)22-21-9-11-26(33-21)15-30(25(32)23(22)26)12-10-16-13-28-20-8-4-2-6-18(16)20/h1-9,11,13,21-23,28H,10,12,14-15H2,(H,29,31)/t21-,22-,23+,26-/m1/s1. The summed E-state index contributed by atoms with van der Waals surface area (Å²) in [7, 11) is 0. The van der Waals surface area contributed by atoms with Crippen molar-refractivity contribution in [2.75, 3.05) is 13.1 Å². The maximum atomic E-state index is 13.4. The second-order valence-corrected chi connectivity index (χ2v) is 9.49. The van der Waals surface area contributed by atoms with Gasteiger partial charge in [0, 0.05) is 35.2 Å². The molecule has 2 bridgehead atoms. The summed E-state index contributed by atoms with van der Waals surface area (Å²) in [6.07, 6.45) is 6.32. The summed E-state index contributed by atoms with van der Waals surface area (Å²) in [4.78, 5) is 31.7. The summed E-state index contributed by atoms with van der Waals surface area (Å²) in [6.45, 7) is 1.40. The number of nitrogens with zero attached hydrogens (tertiary/aromatic N) is 1. The summed E-state index contributed by atoms with van der Waals surface area (Å²) < 4.78 is 6.23. The highest BCUT2D eigenvalue weighted by Gasteiger charge is 2.66. The molecule has 1 aromatic heterocycles. The molecule has 2 aromatic carbocycles. The van der Waals surface area contributed by atoms with Gasteiger partial charge in [0.05, 0.1) is 24.5 Å². The van der Waals surface area contributed by atoms with Crippen LogP contribution in [0.3, 0.4) is 0 Å². The van der Waals surface area contributed by atoms with E-state index in [1.165, 1.54) is 10.9 Å². The van der Waals surface area contributed by atoms with E-state index in [-0.39, 0.29) is 17.9 Å². The smallest absolute Gasteiger partial charge is 0.230 e. The molecule has 0 radical (unpaired) electrons. The Labute approximate surface area is 196 Å². The van der Waals surface area contributed by atoms with Crippen LogP contribution in [-0.2, 0) is 27.3 Å². The fraction of sp³-hybridized carbons (Fsp3) is 0.308. The molecule has 2 fully saturated rings. The number of aromatic nitrogens is 1. The minimum atomic E-state index is -0.700. The first-order chi connectivity index (χ1) is 16.1. The van der Waals surface area contributed by atoms with Crippen LogP contribution in [-0.4, -0.2) is 46.5 Å². The number of hydrogen-bond acceptors (Lipinski definition) is 3. The van der Waals surface area contributed by atoms with E-state index in [9.17, 15) is 9.59 Å². The summed E-state index contributed by atoms with van der Waals surface area (Å²) in [6, 6.07) is 15.6. The zero-order chi connectivity index (χ0) is 22.6. The molecular formula is C26H24ClN3O3. The van der Waals surface area contributed by atoms with Gasteiger partial charge in [0.15, 0.2) is 0 Å². The maximum absolute atomic E-state index is 13.4. The number of amides is 2. The van der Waals surface area contributed by atoms with E-state index in [1.54, 1.807) is 6.07 Å². The predicted octanol–water partition coefficient (Wildman–Crippen LogP) is 3.46. The van der Waals surface area contributed by atoms with E-state index in [1.807, 2.05) is 59.6 Å². The number of nitrogens with one attached hydrogen (secondary N) is 2. The molecule has 2 N–H and O–H groups in total. The van der Waals surface area contributed by atoms with E-state index < -0.39 is 17.4 Å². The molecule has 3 aliphatic heterocycles. The Morgan fingerprint density at radius 3 is 2.88 bits per heavy atom. The van der Waals surface area contributed by atoms with Gasteiger partial charge in [-0.1, -0.05) is 60.2 Å². The van der Waals surface area contributed by atoms with Crippen LogP contribution in [0.2, 0.25) is 5.02 Å². The summed E-state index contributed by atoms with van der Waals surface area (Å²) in [5.41, 5.74) is 2.42. The number of H-pyrrole nitrogens is 1. The Morgan fingerprint density at radius 2 is 2.00 bits per heavy atom. The third kappa shape index (κ3) is 3.28. The zero-order valence-corrected chi connectivity index (χ0v) is 18.7. The first kappa shape index (κ1) is 20.5. The van der Waals surface area contributed by atoms with E-state index >= 15 is 0 Å². The van der Waals surface area contributed by atoms with Crippen molar-refractivity contribution in [2.45, 2.75) is 24.7 Å². The molecule has 3 aromatic rings. The fourth-order valence-electron chi connectivity index (χ4n) is 5.60. The lowest BCUT2D eigenvalue weighted by atomic mass is 9.77. The number of fused-ring (bicyclic) bond motifs is 2. The first-order valence-corrected chi connectivity index (χ1v) is 11.7. The van der Waals surface area contributed by atoms with Gasteiger partial charge in [0.25, 0.3) is 0 Å². The molecule has 6 nitrogen and oxygen atoms in total. The predicted molar refractivity (Wildman–Crippen MR) is 126 cm³/mol. The molecule has 2 amide bonds. The van der Waals surface area contributed by atoms with Crippen LogP contribution < -0.4 is 5.32 Å². The van der Waals surface area contributed by atoms with Gasteiger partial charge in [-0.2, -0.15) is 0 Å². The van der Waals surface area contributed by atoms with Gasteiger partial charge in [-0.3, -0.25) is 9.59 Å². The molecule has 0 aliphatic carbocycles. The molecule has 0 saturated carbocycles. The van der Waals surface area contributed by atoms with Crippen LogP contribution in [0.25, 0.3) is 10.9 Å². The van der Waals surface area contributed by atoms with Gasteiger partial charge < -0.3 is 19.9 Å². The molecule has 33 heavy (non-hydrogen) atoms. The van der Waals surface area contributed by atoms with E-state index in [2.05, 4.69) is 16.4 Å². The van der Waals surface area contributed by atoms with Gasteiger partial charge in [-0.25, -0.2) is 0 Å². The third-order valence-electron chi connectivity index (χ3n) is 7.22. The van der Waals surface area contributed by atoms with Crippen molar-refractivity contribution < 1.29 is 14.3 Å². The second kappa shape index (κ2) is 7.75. The lowest BCUT2D eigenvalue weighted by molar-refractivity contribution is -0.137. The monoisotopic (exact) mass is 461 g/mol. The highest BCUT2D eigenvalue weighted by Crippen LogP contribution is 2.51. The average molecular weight is 462 g/mol. The molecule has 4 atom stereocenters. The number of hydrogen-bond donors (Lipinski definition) is 2. The van der Waals surface area contributed by atoms with Crippen LogP contribution in [0.15, 0.2) is 66.9 Å². The van der Waals surface area contributed by atoms with Crippen molar-refractivity contribution in [1.82, 2.24) is 15.2 Å². The molecule has 0 unspecified atom stereocenters. The molecular weight excluding hydrogens is 438 g/mol. The fourth-order valence-corrected chi connectivity index (χ4v) is 5.81. The maximum Gasteiger partial charge on any atom is 0.230 e. The van der Waals surface area contributed by atoms with Crippen LogP contribution in [0, 0.1) is 11.8 Å². The van der Waals surface area contributed by atoms with Crippen molar-refractivity contribution >= 4 is 34.3 Å². The Kier molecular flexibility index (Phi) is 4.82. The van der Waals surface area contributed by atoms with Crippen LogP contribution in [0.1, 0.15) is 11.1 Å². The van der Waals surface area contributed by atoms with Gasteiger partial charge >= 0.3 is 0 Å². The molecule has 1 spiro atoms. The number of para-hydroxylation sites is 1. The third-order valence-corrected chi connectivity index (χ3v) is 7.59. The van der Waals surface area contributed by atoms with Crippen molar-refractivity contribution in [3.63, 3.8) is 0 Å². The highest BCUT2D eigenvalue weighted by atomic mass is 35.5. The minimum Gasteiger partial charge on any atom is -0.361 e. The zero-order valence-electron chi connectivity index (χ0n) is 18.0. The van der Waals surface area contributed by atoms with Crippen molar-refractivity contribution in [1.29, 1.82) is 0 Å². The Balaban J connectivity index is 1.17. The number of aromatic amines is 1. The van der Waals surface area contributed by atoms with Crippen molar-refractivity contribution in [3.8, 4) is 0 Å². The quantitative estimate of drug-likeness (QED) is 0.552. The number of rotatable bonds is 6. The van der Waals surface area contributed by atoms with Crippen LogP contribution in [0.4, 0.5) is 0 Å². The van der Waals surface area contributed by atoms with Gasteiger partial charge in [0.1, 0.15) is 5.60 Å². The van der Waals surface area contributed by atoms with Gasteiger partial charge in [0.2, 0.25) is 11.8 Å². The minimum absolute atomic E-state index is 0.000384. The van der Waals surface area contributed by atoms with Crippen LogP contribution >= 0.6 is 11.6 Å². The first-order valence-electron chi connectivity index (χ1n) is 11.3. The summed E-state index contributed by atoms with van der Waals surface area (Å²) in [5, 5.41) is 4.76. The Hall–Kier alpha value is -3.09. The molecule has 7 heteroatoms. The largest absolute Gasteiger partial charge is 0.361 e. The number of carbonyl (C=O) groups excluding carboxylic acids is 2. The number of carbonyl (C=O) groups is 2. The van der Waals surface area contributed by atoms with E-state index in [4.69, 9.17) is 16.3 Å². The summed E-state index contributed by atoms with van der Waals surface area (Å²) in [5.74, 6) is -1.17. The molecule has 4 heterocycles. The van der Waals surface area contributed by atoms with Crippen molar-refractivity contribution in [2.24, 2.45) is 11.8 Å². The average Bonchev–Trinajstić information content (AvgIpc) is 3.57. The van der Waals surface area contributed by atoms with E-state index in [0.29, 0.717) is 24.7 Å². The number of ether oxygens (including phenoxy) is 1. The molecule has 2 saturated heterocycles. The SMILES string of the molecule is O=C(NCc1ccccc1Cl)[C@H]1[C@H]2C(=O)N(CCc3c[nH]c4ccccc34)C[C@]23C=C[C@H]1O3. The highest BCUT2D eigenvalue weighted by molar-refractivity contribution is 6.31. The normalized spacial score (nSPS) is 27.5. The molecule has 6 rings (SSSR count). The lowest BCUT2D eigenvalue weighted by Gasteiger charge is -2.23. The van der Waals surface area contributed by atoms with Crippen LogP contribution in [0.5, 0.6) is 0 Å². The van der Waals surface area contributed by atoms with Crippen molar-refractivity contribution in [3.05, 3.63) is 83.0 Å². The Morgan fingerprint density at radius 1 is 1.18 bits per heavy atom.